The van der Waals surface area contributed by atoms with Crippen molar-refractivity contribution in [2.45, 2.75) is 13.1 Å². The van der Waals surface area contributed by atoms with E-state index in [1.807, 2.05) is 48.9 Å². The molecule has 0 atom stereocenters. The second kappa shape index (κ2) is 5.30. The molecule has 0 unspecified atom stereocenters. The van der Waals surface area contributed by atoms with Gasteiger partial charge in [0.1, 0.15) is 0 Å². The molecule has 1 aromatic heterocycles. The first-order valence-electron chi connectivity index (χ1n) is 7.21. The van der Waals surface area contributed by atoms with Gasteiger partial charge in [-0.1, -0.05) is 36.9 Å². The van der Waals surface area contributed by atoms with Crippen molar-refractivity contribution < 1.29 is 13.2 Å². The SMILES string of the molecule is C=C(C)c1c(-c2ccccc2)c2cc(C(F)(F)F)ccc2n1C. The minimum atomic E-state index is -4.36. The quantitative estimate of drug-likeness (QED) is 0.555. The molecule has 1 heterocycles. The van der Waals surface area contributed by atoms with Crippen LogP contribution < -0.4 is 0 Å². The normalized spacial score (nSPS) is 11.9. The zero-order chi connectivity index (χ0) is 16.8. The summed E-state index contributed by atoms with van der Waals surface area (Å²) in [6.07, 6.45) is -4.36. The first kappa shape index (κ1) is 15.4. The molecule has 3 aromatic rings. The molecule has 23 heavy (non-hydrogen) atoms. The molecule has 0 bridgehead atoms. The average molecular weight is 315 g/mol. The number of fused-ring (bicyclic) bond motifs is 1. The van der Waals surface area contributed by atoms with Crippen LogP contribution in [0.5, 0.6) is 0 Å². The van der Waals surface area contributed by atoms with Gasteiger partial charge in [0.2, 0.25) is 0 Å². The van der Waals surface area contributed by atoms with Gasteiger partial charge in [0.15, 0.2) is 0 Å². The highest BCUT2D eigenvalue weighted by atomic mass is 19.4. The maximum Gasteiger partial charge on any atom is 0.416 e. The third-order valence-electron chi connectivity index (χ3n) is 3.99. The molecule has 0 amide bonds. The Kier molecular flexibility index (Phi) is 3.55. The molecule has 0 aliphatic heterocycles. The maximum atomic E-state index is 13.1. The lowest BCUT2D eigenvalue weighted by atomic mass is 9.98. The van der Waals surface area contributed by atoms with Crippen molar-refractivity contribution >= 4 is 16.5 Å². The molecule has 3 rings (SSSR count). The number of aromatic nitrogens is 1. The largest absolute Gasteiger partial charge is 0.416 e. The molecule has 2 aromatic carbocycles. The monoisotopic (exact) mass is 315 g/mol. The zero-order valence-corrected chi connectivity index (χ0v) is 12.9. The van der Waals surface area contributed by atoms with Gasteiger partial charge in [-0.3, -0.25) is 0 Å². The van der Waals surface area contributed by atoms with E-state index in [0.29, 0.717) is 5.39 Å². The lowest BCUT2D eigenvalue weighted by Gasteiger charge is -2.08. The maximum absolute atomic E-state index is 13.1. The summed E-state index contributed by atoms with van der Waals surface area (Å²) in [6, 6.07) is 13.3. The summed E-state index contributed by atoms with van der Waals surface area (Å²) in [7, 11) is 1.85. The van der Waals surface area contributed by atoms with Crippen molar-refractivity contribution in [3.05, 3.63) is 66.4 Å². The smallest absolute Gasteiger partial charge is 0.343 e. The van der Waals surface area contributed by atoms with Crippen molar-refractivity contribution in [2.24, 2.45) is 7.05 Å². The lowest BCUT2D eigenvalue weighted by Crippen LogP contribution is -2.04. The standard InChI is InChI=1S/C19H16F3N/c1-12(2)18-17(13-7-5-4-6-8-13)15-11-14(19(20,21)22)9-10-16(15)23(18)3/h4-11H,1H2,2-3H3. The molecule has 0 saturated carbocycles. The lowest BCUT2D eigenvalue weighted by molar-refractivity contribution is -0.137. The Morgan fingerprint density at radius 2 is 1.70 bits per heavy atom. The second-order valence-electron chi connectivity index (χ2n) is 5.66. The van der Waals surface area contributed by atoms with Crippen LogP contribution >= 0.6 is 0 Å². The number of benzene rings is 2. The van der Waals surface area contributed by atoms with Gasteiger partial charge < -0.3 is 4.57 Å². The highest BCUT2D eigenvalue weighted by Crippen LogP contribution is 2.40. The van der Waals surface area contributed by atoms with E-state index in [9.17, 15) is 13.2 Å². The topological polar surface area (TPSA) is 4.93 Å². The highest BCUT2D eigenvalue weighted by molar-refractivity contribution is 6.02. The van der Waals surface area contributed by atoms with Crippen LogP contribution in [0, 0.1) is 0 Å². The summed E-state index contributed by atoms with van der Waals surface area (Å²) in [4.78, 5) is 0. The minimum absolute atomic E-state index is 0.589. The summed E-state index contributed by atoms with van der Waals surface area (Å²) < 4.78 is 41.2. The fraction of sp³-hybridized carbons (Fsp3) is 0.158. The van der Waals surface area contributed by atoms with Crippen LogP contribution in [0.4, 0.5) is 13.2 Å². The molecule has 4 heteroatoms. The first-order valence-corrected chi connectivity index (χ1v) is 7.21. The second-order valence-corrected chi connectivity index (χ2v) is 5.66. The summed E-state index contributed by atoms with van der Waals surface area (Å²) >= 11 is 0. The minimum Gasteiger partial charge on any atom is -0.343 e. The fourth-order valence-corrected chi connectivity index (χ4v) is 3.02. The molecule has 0 N–H and O–H groups in total. The number of hydrogen-bond acceptors (Lipinski definition) is 0. The van der Waals surface area contributed by atoms with Crippen molar-refractivity contribution in [1.82, 2.24) is 4.57 Å². The average Bonchev–Trinajstić information content (AvgIpc) is 2.80. The van der Waals surface area contributed by atoms with Crippen LogP contribution in [-0.2, 0) is 13.2 Å². The summed E-state index contributed by atoms with van der Waals surface area (Å²) in [5.41, 5.74) is 3.47. The van der Waals surface area contributed by atoms with Crippen molar-refractivity contribution in [1.29, 1.82) is 0 Å². The molecule has 0 saturated heterocycles. The van der Waals surface area contributed by atoms with Crippen LogP contribution in [0.2, 0.25) is 0 Å². The van der Waals surface area contributed by atoms with Crippen LogP contribution in [0.3, 0.4) is 0 Å². The van der Waals surface area contributed by atoms with Gasteiger partial charge in [-0.15, -0.1) is 0 Å². The van der Waals surface area contributed by atoms with Gasteiger partial charge in [0, 0.05) is 23.5 Å². The molecule has 0 fully saturated rings. The number of allylic oxidation sites excluding steroid dienone is 1. The number of aryl methyl sites for hydroxylation is 1. The molecule has 0 aliphatic carbocycles. The summed E-state index contributed by atoms with van der Waals surface area (Å²) in [5.74, 6) is 0. The van der Waals surface area contributed by atoms with Crippen LogP contribution in [-0.4, -0.2) is 4.57 Å². The van der Waals surface area contributed by atoms with Crippen molar-refractivity contribution in [3.8, 4) is 11.1 Å². The van der Waals surface area contributed by atoms with E-state index in [1.165, 1.54) is 12.1 Å². The predicted molar refractivity (Wildman–Crippen MR) is 88.1 cm³/mol. The first-order chi connectivity index (χ1) is 10.8. The Morgan fingerprint density at radius 1 is 1.04 bits per heavy atom. The van der Waals surface area contributed by atoms with Gasteiger partial charge >= 0.3 is 6.18 Å². The molecule has 0 aliphatic rings. The Balaban J connectivity index is 2.43. The van der Waals surface area contributed by atoms with Crippen molar-refractivity contribution in [3.63, 3.8) is 0 Å². The number of alkyl halides is 3. The number of rotatable bonds is 2. The van der Waals surface area contributed by atoms with E-state index >= 15 is 0 Å². The Bertz CT molecular complexity index is 886. The molecule has 118 valence electrons. The van der Waals surface area contributed by atoms with Crippen LogP contribution in [0.25, 0.3) is 27.6 Å². The third-order valence-corrected chi connectivity index (χ3v) is 3.99. The van der Waals surface area contributed by atoms with Crippen LogP contribution in [0.1, 0.15) is 18.2 Å². The Labute approximate surface area is 132 Å². The van der Waals surface area contributed by atoms with E-state index < -0.39 is 11.7 Å². The Morgan fingerprint density at radius 3 is 2.26 bits per heavy atom. The zero-order valence-electron chi connectivity index (χ0n) is 12.9. The number of nitrogens with zero attached hydrogens (tertiary/aromatic N) is 1. The predicted octanol–water partition coefficient (Wildman–Crippen LogP) is 5.90. The molecular weight excluding hydrogens is 299 g/mol. The molecule has 0 spiro atoms. The number of hydrogen-bond donors (Lipinski definition) is 0. The van der Waals surface area contributed by atoms with E-state index in [2.05, 4.69) is 6.58 Å². The Hall–Kier alpha value is -2.49. The van der Waals surface area contributed by atoms with E-state index in [0.717, 1.165) is 34.0 Å². The van der Waals surface area contributed by atoms with Gasteiger partial charge in [0.25, 0.3) is 0 Å². The van der Waals surface area contributed by atoms with Gasteiger partial charge in [-0.05, 0) is 36.3 Å². The van der Waals surface area contributed by atoms with E-state index in [4.69, 9.17) is 0 Å². The van der Waals surface area contributed by atoms with Gasteiger partial charge in [-0.25, -0.2) is 0 Å². The van der Waals surface area contributed by atoms with E-state index in [-0.39, 0.29) is 0 Å². The van der Waals surface area contributed by atoms with Crippen LogP contribution in [0.15, 0.2) is 55.1 Å². The third kappa shape index (κ3) is 2.54. The molecular formula is C19H16F3N. The highest BCUT2D eigenvalue weighted by Gasteiger charge is 2.31. The van der Waals surface area contributed by atoms with E-state index in [1.54, 1.807) is 0 Å². The fourth-order valence-electron chi connectivity index (χ4n) is 3.02. The molecule has 0 radical (unpaired) electrons. The summed E-state index contributed by atoms with van der Waals surface area (Å²) in [6.45, 7) is 5.86. The van der Waals surface area contributed by atoms with Gasteiger partial charge in [0.05, 0.1) is 11.3 Å². The van der Waals surface area contributed by atoms with Gasteiger partial charge in [-0.2, -0.15) is 13.2 Å². The molecule has 1 nitrogen and oxygen atoms in total. The van der Waals surface area contributed by atoms with Crippen molar-refractivity contribution in [2.75, 3.05) is 0 Å². The number of halogens is 3. The summed E-state index contributed by atoms with van der Waals surface area (Å²) in [5, 5.41) is 0.589.